The summed E-state index contributed by atoms with van der Waals surface area (Å²) >= 11 is 0. The van der Waals surface area contributed by atoms with Gasteiger partial charge in [-0.1, -0.05) is 296 Å². The molecule has 0 bridgehead atoms. The third kappa shape index (κ3) is 55.1. The number of unbranched alkanes of at least 4 members (excludes halogenated alkanes) is 44. The highest BCUT2D eigenvalue weighted by Gasteiger charge is 2.19. The lowest BCUT2D eigenvalue weighted by Gasteiger charge is -2.18. The minimum atomic E-state index is -0.768. The average molecular weight is 960 g/mol. The molecule has 0 radical (unpaired) electrons. The van der Waals surface area contributed by atoms with Gasteiger partial charge in [-0.15, -0.1) is 0 Å². The van der Waals surface area contributed by atoms with Crippen LogP contribution in [0.5, 0.6) is 0 Å². The molecule has 0 aliphatic rings. The van der Waals surface area contributed by atoms with Gasteiger partial charge in [-0.05, 0) is 44.9 Å². The first-order chi connectivity index (χ1) is 33.5. The summed E-state index contributed by atoms with van der Waals surface area (Å²) in [5.74, 6) is -0.847. The molecular weight excluding hydrogens is 841 g/mol. The third-order valence-electron chi connectivity index (χ3n) is 14.0. The van der Waals surface area contributed by atoms with Crippen LogP contribution in [0.25, 0.3) is 0 Å². The van der Waals surface area contributed by atoms with Gasteiger partial charge in [0.15, 0.2) is 6.10 Å². The van der Waals surface area contributed by atoms with Gasteiger partial charge in [0.05, 0.1) is 0 Å². The Bertz CT molecular complexity index is 1060. The van der Waals surface area contributed by atoms with Gasteiger partial charge in [0.25, 0.3) is 0 Å². The Kier molecular flexibility index (Phi) is 56.2. The zero-order valence-electron chi connectivity index (χ0n) is 46.2. The van der Waals surface area contributed by atoms with E-state index in [-0.39, 0.29) is 31.1 Å². The molecule has 0 fully saturated rings. The van der Waals surface area contributed by atoms with Crippen molar-refractivity contribution in [2.24, 2.45) is 0 Å². The van der Waals surface area contributed by atoms with E-state index in [0.29, 0.717) is 19.3 Å². The van der Waals surface area contributed by atoms with Crippen molar-refractivity contribution >= 4 is 17.9 Å². The first kappa shape index (κ1) is 66.2. The molecule has 0 aromatic heterocycles. The van der Waals surface area contributed by atoms with E-state index in [1.165, 1.54) is 244 Å². The molecule has 0 rings (SSSR count). The molecule has 6 nitrogen and oxygen atoms in total. The Labute approximate surface area is 424 Å². The van der Waals surface area contributed by atoms with Crippen LogP contribution in [0.3, 0.4) is 0 Å². The van der Waals surface area contributed by atoms with E-state index in [1.54, 1.807) is 0 Å². The van der Waals surface area contributed by atoms with Crippen LogP contribution >= 0.6 is 0 Å². The highest BCUT2D eigenvalue weighted by atomic mass is 16.6. The van der Waals surface area contributed by atoms with Crippen molar-refractivity contribution in [3.05, 3.63) is 12.2 Å². The van der Waals surface area contributed by atoms with E-state index in [2.05, 4.69) is 32.9 Å². The highest BCUT2D eigenvalue weighted by molar-refractivity contribution is 5.71. The largest absolute Gasteiger partial charge is 0.462 e. The Balaban J connectivity index is 4.30. The monoisotopic (exact) mass is 959 g/mol. The highest BCUT2D eigenvalue weighted by Crippen LogP contribution is 2.18. The molecule has 0 saturated carbocycles. The third-order valence-corrected chi connectivity index (χ3v) is 14.0. The number of carbonyl (C=O) groups excluding carboxylic acids is 3. The SMILES string of the molecule is CCCCCCC/C=C/CCCCCCCC(=O)OC[C@H](COC(=O)CCCCCCCCCCCCCCCCCCCC)OC(=O)CCCCCCCCCCCCCCCCCCCC. The molecule has 0 aromatic rings. The van der Waals surface area contributed by atoms with Crippen LogP contribution in [0.2, 0.25) is 0 Å². The maximum Gasteiger partial charge on any atom is 0.306 e. The van der Waals surface area contributed by atoms with Crippen LogP contribution < -0.4 is 0 Å². The van der Waals surface area contributed by atoms with E-state index in [1.807, 2.05) is 0 Å². The maximum atomic E-state index is 12.9. The average Bonchev–Trinajstić information content (AvgIpc) is 3.34. The zero-order chi connectivity index (χ0) is 49.3. The van der Waals surface area contributed by atoms with Gasteiger partial charge in [-0.2, -0.15) is 0 Å². The summed E-state index contributed by atoms with van der Waals surface area (Å²) in [7, 11) is 0. The number of allylic oxidation sites excluding steroid dienone is 2. The van der Waals surface area contributed by atoms with Gasteiger partial charge < -0.3 is 14.2 Å². The molecule has 0 heterocycles. The Morgan fingerprint density at radius 1 is 0.279 bits per heavy atom. The summed E-state index contributed by atoms with van der Waals surface area (Å²) in [5, 5.41) is 0. The minimum absolute atomic E-state index is 0.0661. The van der Waals surface area contributed by atoms with Crippen molar-refractivity contribution in [2.75, 3.05) is 13.2 Å². The molecular formula is C62H118O6. The van der Waals surface area contributed by atoms with Crippen LogP contribution in [0, 0.1) is 0 Å². The topological polar surface area (TPSA) is 78.9 Å². The zero-order valence-corrected chi connectivity index (χ0v) is 46.2. The van der Waals surface area contributed by atoms with Crippen molar-refractivity contribution in [3.8, 4) is 0 Å². The summed E-state index contributed by atoms with van der Waals surface area (Å²) < 4.78 is 16.9. The molecule has 0 aromatic carbocycles. The van der Waals surface area contributed by atoms with Crippen LogP contribution in [0.1, 0.15) is 348 Å². The minimum Gasteiger partial charge on any atom is -0.462 e. The van der Waals surface area contributed by atoms with E-state index in [9.17, 15) is 14.4 Å². The standard InChI is InChI=1S/C62H118O6/c1-4-7-10-13-16-19-22-25-28-30-32-34-37-40-43-46-49-52-55-61(64)67-58-59(57-66-60(63)54-51-48-45-42-39-36-27-24-21-18-15-12-9-6-3)68-62(65)56-53-50-47-44-41-38-35-33-31-29-26-23-20-17-14-11-8-5-2/h24,27,59H,4-23,25-26,28-58H2,1-3H3/b27-24+/t59-/m1/s1. The summed E-state index contributed by atoms with van der Waals surface area (Å²) in [6.07, 6.45) is 66.4. The number of rotatable bonds is 57. The summed E-state index contributed by atoms with van der Waals surface area (Å²) in [5.41, 5.74) is 0. The van der Waals surface area contributed by atoms with E-state index < -0.39 is 6.10 Å². The van der Waals surface area contributed by atoms with Crippen molar-refractivity contribution < 1.29 is 28.6 Å². The van der Waals surface area contributed by atoms with E-state index in [4.69, 9.17) is 14.2 Å². The number of ether oxygens (including phenoxy) is 3. The van der Waals surface area contributed by atoms with Gasteiger partial charge in [0.1, 0.15) is 13.2 Å². The lowest BCUT2D eigenvalue weighted by Crippen LogP contribution is -2.30. The summed E-state index contributed by atoms with van der Waals surface area (Å²) in [4.78, 5) is 38.2. The fraction of sp³-hybridized carbons (Fsp3) is 0.919. The van der Waals surface area contributed by atoms with Crippen molar-refractivity contribution in [1.29, 1.82) is 0 Å². The van der Waals surface area contributed by atoms with E-state index in [0.717, 1.165) is 64.2 Å². The predicted octanol–water partition coefficient (Wildman–Crippen LogP) is 20.5. The fourth-order valence-electron chi connectivity index (χ4n) is 9.38. The lowest BCUT2D eigenvalue weighted by atomic mass is 10.0. The molecule has 6 heteroatoms. The molecule has 0 N–H and O–H groups in total. The second-order valence-electron chi connectivity index (χ2n) is 21.0. The number of carbonyl (C=O) groups is 3. The van der Waals surface area contributed by atoms with Gasteiger partial charge in [0.2, 0.25) is 0 Å². The normalized spacial score (nSPS) is 12.0. The molecule has 402 valence electrons. The van der Waals surface area contributed by atoms with Crippen LogP contribution in [0.15, 0.2) is 12.2 Å². The number of hydrogen-bond acceptors (Lipinski definition) is 6. The molecule has 0 amide bonds. The predicted molar refractivity (Wildman–Crippen MR) is 293 cm³/mol. The molecule has 0 saturated heterocycles. The quantitative estimate of drug-likeness (QED) is 0.0262. The molecule has 0 aliphatic carbocycles. The Hall–Kier alpha value is -1.85. The molecule has 0 unspecified atom stereocenters. The van der Waals surface area contributed by atoms with E-state index >= 15 is 0 Å². The summed E-state index contributed by atoms with van der Waals surface area (Å²) in [6.45, 7) is 6.69. The molecule has 0 aliphatic heterocycles. The summed E-state index contributed by atoms with van der Waals surface area (Å²) in [6, 6.07) is 0. The lowest BCUT2D eigenvalue weighted by molar-refractivity contribution is -0.167. The second-order valence-corrected chi connectivity index (χ2v) is 21.0. The second kappa shape index (κ2) is 57.7. The van der Waals surface area contributed by atoms with Crippen LogP contribution in [-0.4, -0.2) is 37.2 Å². The van der Waals surface area contributed by atoms with Gasteiger partial charge in [-0.3, -0.25) is 14.4 Å². The maximum absolute atomic E-state index is 12.9. The fourth-order valence-corrected chi connectivity index (χ4v) is 9.38. The van der Waals surface area contributed by atoms with Gasteiger partial charge in [0, 0.05) is 19.3 Å². The first-order valence-electron chi connectivity index (χ1n) is 30.7. The first-order valence-corrected chi connectivity index (χ1v) is 30.7. The van der Waals surface area contributed by atoms with Crippen molar-refractivity contribution in [1.82, 2.24) is 0 Å². The Morgan fingerprint density at radius 2 is 0.485 bits per heavy atom. The molecule has 0 spiro atoms. The van der Waals surface area contributed by atoms with Crippen molar-refractivity contribution in [2.45, 2.75) is 354 Å². The number of esters is 3. The van der Waals surface area contributed by atoms with Crippen LogP contribution in [-0.2, 0) is 28.6 Å². The smallest absolute Gasteiger partial charge is 0.306 e. The Morgan fingerprint density at radius 3 is 0.735 bits per heavy atom. The van der Waals surface area contributed by atoms with Gasteiger partial charge in [-0.25, -0.2) is 0 Å². The number of hydrogen-bond donors (Lipinski definition) is 0. The molecule has 1 atom stereocenters. The van der Waals surface area contributed by atoms with Gasteiger partial charge >= 0.3 is 17.9 Å². The molecule has 68 heavy (non-hydrogen) atoms. The van der Waals surface area contributed by atoms with Crippen LogP contribution in [0.4, 0.5) is 0 Å². The van der Waals surface area contributed by atoms with Crippen molar-refractivity contribution in [3.63, 3.8) is 0 Å².